The van der Waals surface area contributed by atoms with Gasteiger partial charge in [0, 0.05) is 19.2 Å². The number of rotatable bonds is 7. The summed E-state index contributed by atoms with van der Waals surface area (Å²) in [5.41, 5.74) is 0.843. The number of nitrogens with zero attached hydrogens (tertiary/aromatic N) is 4. The molecule has 4 rings (SSSR count). The lowest BCUT2D eigenvalue weighted by Crippen LogP contribution is -2.25. The highest BCUT2D eigenvalue weighted by atomic mass is 19.4. The van der Waals surface area contributed by atoms with E-state index in [4.69, 9.17) is 4.74 Å². The van der Waals surface area contributed by atoms with Gasteiger partial charge in [-0.1, -0.05) is 18.2 Å². The summed E-state index contributed by atoms with van der Waals surface area (Å²) in [5.74, 6) is -1.15. The van der Waals surface area contributed by atoms with Crippen molar-refractivity contribution in [1.29, 1.82) is 0 Å². The van der Waals surface area contributed by atoms with Gasteiger partial charge in [0.1, 0.15) is 5.82 Å². The average molecular weight is 504 g/mol. The van der Waals surface area contributed by atoms with Gasteiger partial charge in [-0.05, 0) is 29.3 Å². The monoisotopic (exact) mass is 504 g/mol. The Balaban J connectivity index is 1.77. The van der Waals surface area contributed by atoms with Crippen molar-refractivity contribution in [2.45, 2.75) is 19.1 Å². The maximum Gasteiger partial charge on any atom is 0.411 e. The summed E-state index contributed by atoms with van der Waals surface area (Å²) in [4.78, 5) is 21.1. The molecule has 0 fully saturated rings. The van der Waals surface area contributed by atoms with E-state index in [-0.39, 0.29) is 40.7 Å². The number of anilines is 2. The molecule has 0 spiro atoms. The molecule has 0 aliphatic heterocycles. The van der Waals surface area contributed by atoms with Crippen LogP contribution in [0.3, 0.4) is 0 Å². The number of H-pyrrole nitrogens is 1. The van der Waals surface area contributed by atoms with E-state index < -0.39 is 24.5 Å². The minimum Gasteiger partial charge on any atom is -0.494 e. The summed E-state index contributed by atoms with van der Waals surface area (Å²) in [7, 11) is 2.56. The first-order valence-electron chi connectivity index (χ1n) is 10.5. The molecule has 0 unspecified atom stereocenters. The molecule has 2 aromatic carbocycles. The van der Waals surface area contributed by atoms with Crippen LogP contribution in [0.1, 0.15) is 11.1 Å². The van der Waals surface area contributed by atoms with Gasteiger partial charge in [-0.2, -0.15) is 18.3 Å². The first-order chi connectivity index (χ1) is 17.1. The molecule has 188 valence electrons. The van der Waals surface area contributed by atoms with Gasteiger partial charge in [0.15, 0.2) is 23.0 Å². The van der Waals surface area contributed by atoms with E-state index in [2.05, 4.69) is 25.5 Å². The largest absolute Gasteiger partial charge is 0.494 e. The van der Waals surface area contributed by atoms with Gasteiger partial charge < -0.3 is 15.2 Å². The maximum absolute atomic E-state index is 14.5. The second-order valence-corrected chi connectivity index (χ2v) is 7.79. The zero-order chi connectivity index (χ0) is 26.0. The van der Waals surface area contributed by atoms with Gasteiger partial charge in [-0.3, -0.25) is 10.00 Å². The fourth-order valence-electron chi connectivity index (χ4n) is 3.68. The highest BCUT2D eigenvalue weighted by Crippen LogP contribution is 2.34. The highest BCUT2D eigenvalue weighted by molar-refractivity contribution is 5.89. The van der Waals surface area contributed by atoms with Crippen LogP contribution in [0, 0.1) is 5.82 Å². The second-order valence-electron chi connectivity index (χ2n) is 7.79. The molecule has 0 atom stereocenters. The number of aromatic nitrogens is 4. The minimum absolute atomic E-state index is 0.122. The Hall–Kier alpha value is -4.42. The number of nitrogens with one attached hydrogen (secondary N) is 2. The number of methoxy groups -OCH3 is 1. The predicted molar refractivity (Wildman–Crippen MR) is 124 cm³/mol. The van der Waals surface area contributed by atoms with Gasteiger partial charge in [0.25, 0.3) is 0 Å². The van der Waals surface area contributed by atoms with Crippen LogP contribution in [0.4, 0.5) is 33.9 Å². The van der Waals surface area contributed by atoms with E-state index in [1.54, 1.807) is 24.3 Å². The zero-order valence-corrected chi connectivity index (χ0v) is 19.0. The maximum atomic E-state index is 14.5. The number of hydrogen-bond acceptors (Lipinski definition) is 6. The van der Waals surface area contributed by atoms with Crippen molar-refractivity contribution in [1.82, 2.24) is 20.2 Å². The number of aromatic amines is 1. The molecule has 4 aromatic rings. The van der Waals surface area contributed by atoms with Crippen LogP contribution in [-0.2, 0) is 13.0 Å². The number of alkyl halides is 3. The molecule has 13 heteroatoms. The molecule has 2 heterocycles. The van der Waals surface area contributed by atoms with Crippen molar-refractivity contribution in [2.75, 3.05) is 24.4 Å². The summed E-state index contributed by atoms with van der Waals surface area (Å²) < 4.78 is 59.2. The van der Waals surface area contributed by atoms with E-state index in [1.807, 2.05) is 0 Å². The molecular weight excluding hydrogens is 484 g/mol. The van der Waals surface area contributed by atoms with Gasteiger partial charge in [0.05, 0.1) is 30.8 Å². The topological polar surface area (TPSA) is 116 Å². The molecule has 0 bridgehead atoms. The van der Waals surface area contributed by atoms with Crippen LogP contribution in [-0.4, -0.2) is 51.7 Å². The number of fused-ring (bicyclic) bond motifs is 1. The number of benzene rings is 2. The molecule has 0 saturated carbocycles. The first-order valence-corrected chi connectivity index (χ1v) is 10.5. The Morgan fingerprint density at radius 3 is 2.64 bits per heavy atom. The highest BCUT2D eigenvalue weighted by Gasteiger charge is 2.31. The normalized spacial score (nSPS) is 11.5. The fraction of sp³-hybridized carbons (Fsp3) is 0.217. The third-order valence-corrected chi connectivity index (χ3v) is 5.41. The standard InChI is InChI=1S/C23H20F4N6O3/c1-33(22(34)35)17-6-4-3-5-12(17)10-28-19-15-11-29-32-21(15)31-20(30-19)14-8-16(24)18(36-2)7-13(14)9-23(25,26)27/h3-8,11H,9-10H2,1-2H3,(H,34,35)(H2,28,29,30,31,32). The van der Waals surface area contributed by atoms with E-state index in [9.17, 15) is 27.5 Å². The first kappa shape index (κ1) is 24.7. The summed E-state index contributed by atoms with van der Waals surface area (Å²) in [6.07, 6.45) is -5.64. The molecule has 1 amide bonds. The molecule has 0 aliphatic carbocycles. The van der Waals surface area contributed by atoms with Crippen LogP contribution < -0.4 is 15.0 Å². The van der Waals surface area contributed by atoms with Crippen LogP contribution in [0.15, 0.2) is 42.6 Å². The zero-order valence-electron chi connectivity index (χ0n) is 19.0. The molecule has 9 nitrogen and oxygen atoms in total. The van der Waals surface area contributed by atoms with Crippen molar-refractivity contribution < 1.29 is 32.2 Å². The van der Waals surface area contributed by atoms with Crippen LogP contribution >= 0.6 is 0 Å². The smallest absolute Gasteiger partial charge is 0.411 e. The van der Waals surface area contributed by atoms with E-state index in [0.29, 0.717) is 16.6 Å². The number of para-hydroxylation sites is 1. The number of carbonyl (C=O) groups is 1. The summed E-state index contributed by atoms with van der Waals surface area (Å²) in [6.45, 7) is 0.122. The minimum atomic E-state index is -4.57. The second kappa shape index (κ2) is 9.68. The van der Waals surface area contributed by atoms with E-state index >= 15 is 0 Å². The number of halogens is 4. The van der Waals surface area contributed by atoms with Gasteiger partial charge >= 0.3 is 12.3 Å². The third-order valence-electron chi connectivity index (χ3n) is 5.41. The molecule has 36 heavy (non-hydrogen) atoms. The van der Waals surface area contributed by atoms with Gasteiger partial charge in [-0.15, -0.1) is 0 Å². The van der Waals surface area contributed by atoms with Crippen molar-refractivity contribution in [3.63, 3.8) is 0 Å². The number of amides is 1. The number of ether oxygens (including phenoxy) is 1. The number of hydrogen-bond donors (Lipinski definition) is 3. The third kappa shape index (κ3) is 5.14. The SMILES string of the molecule is COc1cc(CC(F)(F)F)c(-c2nc(NCc3ccccc3N(C)C(=O)O)c3cn[nH]c3n2)cc1F. The van der Waals surface area contributed by atoms with Crippen molar-refractivity contribution in [3.05, 3.63) is 59.5 Å². The quantitative estimate of drug-likeness (QED) is 0.303. The molecular formula is C23H20F4N6O3. The molecule has 0 saturated heterocycles. The summed E-state index contributed by atoms with van der Waals surface area (Å²) >= 11 is 0. The van der Waals surface area contributed by atoms with E-state index in [1.165, 1.54) is 13.2 Å². The lowest BCUT2D eigenvalue weighted by atomic mass is 10.0. The Morgan fingerprint density at radius 2 is 1.94 bits per heavy atom. The van der Waals surface area contributed by atoms with Crippen LogP contribution in [0.5, 0.6) is 5.75 Å². The fourth-order valence-corrected chi connectivity index (χ4v) is 3.68. The van der Waals surface area contributed by atoms with Gasteiger partial charge in [0.2, 0.25) is 0 Å². The van der Waals surface area contributed by atoms with Crippen LogP contribution in [0.2, 0.25) is 0 Å². The van der Waals surface area contributed by atoms with Crippen molar-refractivity contribution in [3.8, 4) is 17.1 Å². The summed E-state index contributed by atoms with van der Waals surface area (Å²) in [5, 5.41) is 19.4. The Labute approximate surface area is 201 Å². The number of carboxylic acid groups (broad SMARTS) is 1. The van der Waals surface area contributed by atoms with Crippen LogP contribution in [0.25, 0.3) is 22.4 Å². The lowest BCUT2D eigenvalue weighted by Gasteiger charge is -2.18. The lowest BCUT2D eigenvalue weighted by molar-refractivity contribution is -0.127. The molecule has 2 aromatic heterocycles. The Morgan fingerprint density at radius 1 is 1.19 bits per heavy atom. The predicted octanol–water partition coefficient (Wildman–Crippen LogP) is 5.00. The van der Waals surface area contributed by atoms with E-state index in [0.717, 1.165) is 24.1 Å². The molecule has 0 radical (unpaired) electrons. The summed E-state index contributed by atoms with van der Waals surface area (Å²) in [6, 6.07) is 8.65. The Kier molecular flexibility index (Phi) is 6.64. The molecule has 3 N–H and O–H groups in total. The van der Waals surface area contributed by atoms with Gasteiger partial charge in [-0.25, -0.2) is 19.2 Å². The van der Waals surface area contributed by atoms with Crippen molar-refractivity contribution in [2.24, 2.45) is 0 Å². The molecule has 0 aliphatic rings. The van der Waals surface area contributed by atoms with Crippen molar-refractivity contribution >= 4 is 28.6 Å². The Bertz CT molecular complexity index is 1420. The average Bonchev–Trinajstić information content (AvgIpc) is 3.31.